The number of hydrogen-bond donors (Lipinski definition) is 1. The van der Waals surface area contributed by atoms with Gasteiger partial charge in [0.25, 0.3) is 0 Å². The number of carbonyl (C=O) groups is 2. The van der Waals surface area contributed by atoms with Crippen molar-refractivity contribution in [2.24, 2.45) is 5.92 Å². The molecule has 1 aromatic rings. The molecule has 3 rings (SSSR count). The molecule has 0 saturated carbocycles. The summed E-state index contributed by atoms with van der Waals surface area (Å²) in [6.45, 7) is 0.986. The van der Waals surface area contributed by atoms with Crippen LogP contribution < -0.4 is 4.90 Å². The van der Waals surface area contributed by atoms with E-state index < -0.39 is 21.9 Å². The zero-order valence-corrected chi connectivity index (χ0v) is 14.0. The van der Waals surface area contributed by atoms with Crippen molar-refractivity contribution >= 4 is 27.6 Å². The second-order valence-electron chi connectivity index (χ2n) is 6.18. The number of benzene rings is 1. The average Bonchev–Trinajstić information content (AvgIpc) is 3.01. The van der Waals surface area contributed by atoms with Crippen molar-refractivity contribution in [3.05, 3.63) is 24.3 Å². The molecule has 0 spiro atoms. The summed E-state index contributed by atoms with van der Waals surface area (Å²) in [4.78, 5) is 24.7. The minimum Gasteiger partial charge on any atom is -0.481 e. The smallest absolute Gasteiger partial charge is 0.307 e. The minimum atomic E-state index is -3.72. The third-order valence-electron chi connectivity index (χ3n) is 4.59. The number of rotatable bonds is 4. The Morgan fingerprint density at radius 2 is 1.83 bits per heavy atom. The molecule has 0 aliphatic carbocycles. The Balaban J connectivity index is 1.79. The van der Waals surface area contributed by atoms with Crippen molar-refractivity contribution in [3.63, 3.8) is 0 Å². The van der Waals surface area contributed by atoms with Gasteiger partial charge in [0, 0.05) is 31.7 Å². The SMILES string of the molecule is O=C(O)C1CCCN(S(=O)(=O)c2ccc(N3CCCC3=O)cc2)C1. The van der Waals surface area contributed by atoms with E-state index in [1.165, 1.54) is 16.4 Å². The lowest BCUT2D eigenvalue weighted by Gasteiger charge is -2.30. The number of sulfonamides is 1. The van der Waals surface area contributed by atoms with Crippen molar-refractivity contribution in [1.29, 1.82) is 0 Å². The Morgan fingerprint density at radius 3 is 2.42 bits per heavy atom. The highest BCUT2D eigenvalue weighted by molar-refractivity contribution is 7.89. The number of carboxylic acids is 1. The molecule has 1 unspecified atom stereocenters. The van der Waals surface area contributed by atoms with Gasteiger partial charge >= 0.3 is 5.97 Å². The summed E-state index contributed by atoms with van der Waals surface area (Å²) in [5.41, 5.74) is 0.693. The summed E-state index contributed by atoms with van der Waals surface area (Å²) in [5.74, 6) is -1.57. The molecule has 7 nitrogen and oxygen atoms in total. The summed E-state index contributed by atoms with van der Waals surface area (Å²) in [6, 6.07) is 6.24. The standard InChI is InChI=1S/C16H20N2O5S/c19-15-4-2-10-18(15)13-5-7-14(8-6-13)24(22,23)17-9-1-3-12(11-17)16(20)21/h5-8,12H,1-4,9-11H2,(H,20,21). The van der Waals surface area contributed by atoms with Crippen LogP contribution in [0, 0.1) is 5.92 Å². The Hall–Kier alpha value is -1.93. The van der Waals surface area contributed by atoms with Gasteiger partial charge in [-0.1, -0.05) is 0 Å². The maximum absolute atomic E-state index is 12.7. The average molecular weight is 352 g/mol. The number of nitrogens with zero attached hydrogens (tertiary/aromatic N) is 2. The van der Waals surface area contributed by atoms with Gasteiger partial charge in [0.2, 0.25) is 15.9 Å². The predicted molar refractivity (Wildman–Crippen MR) is 87.1 cm³/mol. The van der Waals surface area contributed by atoms with E-state index in [1.54, 1.807) is 17.0 Å². The minimum absolute atomic E-state index is 0.00400. The first-order valence-electron chi connectivity index (χ1n) is 8.03. The number of piperidine rings is 1. The fraction of sp³-hybridized carbons (Fsp3) is 0.500. The molecule has 0 bridgehead atoms. The zero-order valence-electron chi connectivity index (χ0n) is 13.2. The highest BCUT2D eigenvalue weighted by atomic mass is 32.2. The summed E-state index contributed by atoms with van der Waals surface area (Å²) >= 11 is 0. The number of carboxylic acid groups (broad SMARTS) is 1. The molecule has 1 N–H and O–H groups in total. The van der Waals surface area contributed by atoms with Crippen LogP contribution in [0.5, 0.6) is 0 Å². The fourth-order valence-corrected chi connectivity index (χ4v) is 4.75. The van der Waals surface area contributed by atoms with E-state index >= 15 is 0 Å². The zero-order chi connectivity index (χ0) is 17.3. The summed E-state index contributed by atoms with van der Waals surface area (Å²) < 4.78 is 26.7. The molecule has 2 aliphatic heterocycles. The maximum atomic E-state index is 12.7. The van der Waals surface area contributed by atoms with Crippen LogP contribution in [-0.4, -0.2) is 49.3 Å². The highest BCUT2D eigenvalue weighted by Gasteiger charge is 2.33. The largest absolute Gasteiger partial charge is 0.481 e. The van der Waals surface area contributed by atoms with Crippen molar-refractivity contribution in [2.45, 2.75) is 30.6 Å². The Labute approximate surface area is 140 Å². The van der Waals surface area contributed by atoms with Gasteiger partial charge in [0.1, 0.15) is 0 Å². The normalized spacial score (nSPS) is 22.8. The molecule has 0 radical (unpaired) electrons. The second-order valence-corrected chi connectivity index (χ2v) is 8.12. The van der Waals surface area contributed by atoms with Gasteiger partial charge in [-0.2, -0.15) is 4.31 Å². The van der Waals surface area contributed by atoms with Crippen LogP contribution in [0.3, 0.4) is 0 Å². The first kappa shape index (κ1) is 16.9. The molecule has 24 heavy (non-hydrogen) atoms. The summed E-state index contributed by atoms with van der Waals surface area (Å²) in [7, 11) is -3.72. The van der Waals surface area contributed by atoms with Gasteiger partial charge in [0.15, 0.2) is 0 Å². The summed E-state index contributed by atoms with van der Waals surface area (Å²) in [5, 5.41) is 9.12. The number of hydrogen-bond acceptors (Lipinski definition) is 4. The third-order valence-corrected chi connectivity index (χ3v) is 6.47. The maximum Gasteiger partial charge on any atom is 0.307 e. The van der Waals surface area contributed by atoms with E-state index in [0.717, 1.165) is 6.42 Å². The van der Waals surface area contributed by atoms with Crippen LogP contribution in [0.15, 0.2) is 29.2 Å². The lowest BCUT2D eigenvalue weighted by atomic mass is 10.0. The molecule has 2 saturated heterocycles. The van der Waals surface area contributed by atoms with Crippen LogP contribution in [0.4, 0.5) is 5.69 Å². The monoisotopic (exact) mass is 352 g/mol. The van der Waals surface area contributed by atoms with E-state index in [1.807, 2.05) is 0 Å². The van der Waals surface area contributed by atoms with Crippen LogP contribution >= 0.6 is 0 Å². The Kier molecular flexibility index (Phi) is 4.60. The quantitative estimate of drug-likeness (QED) is 0.881. The van der Waals surface area contributed by atoms with Gasteiger partial charge in [-0.15, -0.1) is 0 Å². The van der Waals surface area contributed by atoms with Crippen molar-refractivity contribution in [1.82, 2.24) is 4.31 Å². The number of aliphatic carboxylic acids is 1. The van der Waals surface area contributed by atoms with E-state index in [4.69, 9.17) is 5.11 Å². The first-order valence-corrected chi connectivity index (χ1v) is 9.47. The fourth-order valence-electron chi connectivity index (χ4n) is 3.23. The lowest BCUT2D eigenvalue weighted by molar-refractivity contribution is -0.142. The third kappa shape index (κ3) is 3.16. The molecule has 2 heterocycles. The van der Waals surface area contributed by atoms with E-state index in [9.17, 15) is 18.0 Å². The lowest BCUT2D eigenvalue weighted by Crippen LogP contribution is -2.42. The molecule has 130 valence electrons. The van der Waals surface area contributed by atoms with Gasteiger partial charge in [0.05, 0.1) is 10.8 Å². The molecule has 1 amide bonds. The second kappa shape index (κ2) is 6.52. The number of amides is 1. The molecule has 0 aromatic heterocycles. The van der Waals surface area contributed by atoms with Gasteiger partial charge in [-0.25, -0.2) is 8.42 Å². The number of anilines is 1. The van der Waals surface area contributed by atoms with Crippen molar-refractivity contribution in [3.8, 4) is 0 Å². The topological polar surface area (TPSA) is 95.0 Å². The molecule has 1 atom stereocenters. The van der Waals surface area contributed by atoms with Crippen molar-refractivity contribution in [2.75, 3.05) is 24.5 Å². The molecular formula is C16H20N2O5S. The van der Waals surface area contributed by atoms with E-state index in [2.05, 4.69) is 0 Å². The molecule has 2 fully saturated rings. The van der Waals surface area contributed by atoms with Crippen LogP contribution in [0.25, 0.3) is 0 Å². The predicted octanol–water partition coefficient (Wildman–Crippen LogP) is 1.30. The first-order chi connectivity index (χ1) is 11.4. The Bertz CT molecular complexity index is 744. The molecular weight excluding hydrogens is 332 g/mol. The van der Waals surface area contributed by atoms with Crippen LogP contribution in [-0.2, 0) is 19.6 Å². The van der Waals surface area contributed by atoms with E-state index in [-0.39, 0.29) is 17.3 Å². The van der Waals surface area contributed by atoms with Gasteiger partial charge in [-0.05, 0) is 43.5 Å². The molecule has 1 aromatic carbocycles. The van der Waals surface area contributed by atoms with Gasteiger partial charge in [-0.3, -0.25) is 9.59 Å². The van der Waals surface area contributed by atoms with Crippen molar-refractivity contribution < 1.29 is 23.1 Å². The highest BCUT2D eigenvalue weighted by Crippen LogP contribution is 2.27. The molecule has 2 aliphatic rings. The van der Waals surface area contributed by atoms with Crippen LogP contribution in [0.1, 0.15) is 25.7 Å². The Morgan fingerprint density at radius 1 is 1.12 bits per heavy atom. The molecule has 8 heteroatoms. The number of carbonyl (C=O) groups excluding carboxylic acids is 1. The van der Waals surface area contributed by atoms with Crippen LogP contribution in [0.2, 0.25) is 0 Å². The van der Waals surface area contributed by atoms with E-state index in [0.29, 0.717) is 38.0 Å². The van der Waals surface area contributed by atoms with Gasteiger partial charge < -0.3 is 10.0 Å². The summed E-state index contributed by atoms with van der Waals surface area (Å²) in [6.07, 6.45) is 2.36.